The summed E-state index contributed by atoms with van der Waals surface area (Å²) < 4.78 is 5.64. The van der Waals surface area contributed by atoms with Crippen LogP contribution in [0, 0.1) is 6.92 Å². The molecule has 3 heteroatoms. The Bertz CT molecular complexity index is 372. The minimum absolute atomic E-state index is 0.408. The Morgan fingerprint density at radius 1 is 1.47 bits per heavy atom. The van der Waals surface area contributed by atoms with E-state index in [1.54, 1.807) is 0 Å². The van der Waals surface area contributed by atoms with E-state index >= 15 is 0 Å². The first-order valence-electron chi connectivity index (χ1n) is 6.30. The van der Waals surface area contributed by atoms with E-state index in [0.29, 0.717) is 6.10 Å². The Hall–Kier alpha value is -1.06. The summed E-state index contributed by atoms with van der Waals surface area (Å²) in [4.78, 5) is 2.29. The Balaban J connectivity index is 1.92. The fourth-order valence-electron chi connectivity index (χ4n) is 2.36. The van der Waals surface area contributed by atoms with Crippen LogP contribution in [0.3, 0.4) is 0 Å². The van der Waals surface area contributed by atoms with Crippen molar-refractivity contribution >= 4 is 5.69 Å². The van der Waals surface area contributed by atoms with Crippen LogP contribution in [-0.4, -0.2) is 31.2 Å². The van der Waals surface area contributed by atoms with E-state index in [2.05, 4.69) is 31.0 Å². The van der Waals surface area contributed by atoms with Gasteiger partial charge in [0, 0.05) is 25.4 Å². The highest BCUT2D eigenvalue weighted by Crippen LogP contribution is 2.17. The first kappa shape index (κ1) is 12.4. The standard InChI is InChI=1S/C14H22N2O/c1-11-5-6-14(15)12(8-11)9-16(2)10-13-4-3-7-17-13/h5-6,8,13H,3-4,7,9-10,15H2,1-2H3. The summed E-state index contributed by atoms with van der Waals surface area (Å²) >= 11 is 0. The molecule has 1 fully saturated rings. The lowest BCUT2D eigenvalue weighted by Gasteiger charge is -2.21. The number of hydrogen-bond acceptors (Lipinski definition) is 3. The third-order valence-electron chi connectivity index (χ3n) is 3.28. The highest BCUT2D eigenvalue weighted by molar-refractivity contribution is 5.48. The van der Waals surface area contributed by atoms with Crippen molar-refractivity contribution < 1.29 is 4.74 Å². The Kier molecular flexibility index (Phi) is 4.02. The Morgan fingerprint density at radius 2 is 2.29 bits per heavy atom. The molecule has 1 aromatic carbocycles. The number of nitrogens with two attached hydrogens (primary N) is 1. The predicted molar refractivity (Wildman–Crippen MR) is 70.9 cm³/mol. The van der Waals surface area contributed by atoms with Crippen LogP contribution in [0.4, 0.5) is 5.69 Å². The molecule has 1 aromatic rings. The molecule has 0 aliphatic carbocycles. The van der Waals surface area contributed by atoms with Crippen LogP contribution >= 0.6 is 0 Å². The molecule has 0 radical (unpaired) electrons. The highest BCUT2D eigenvalue weighted by atomic mass is 16.5. The van der Waals surface area contributed by atoms with E-state index in [1.165, 1.54) is 24.0 Å². The monoisotopic (exact) mass is 234 g/mol. The normalized spacial score (nSPS) is 20.1. The summed E-state index contributed by atoms with van der Waals surface area (Å²) in [5.41, 5.74) is 9.35. The van der Waals surface area contributed by atoms with Crippen molar-refractivity contribution in [2.24, 2.45) is 0 Å². The van der Waals surface area contributed by atoms with E-state index in [1.807, 2.05) is 6.07 Å². The van der Waals surface area contributed by atoms with Crippen molar-refractivity contribution in [3.8, 4) is 0 Å². The molecule has 1 heterocycles. The second-order valence-corrected chi connectivity index (χ2v) is 5.03. The lowest BCUT2D eigenvalue weighted by atomic mass is 10.1. The predicted octanol–water partition coefficient (Wildman–Crippen LogP) is 2.19. The fraction of sp³-hybridized carbons (Fsp3) is 0.571. The van der Waals surface area contributed by atoms with Crippen LogP contribution in [0.1, 0.15) is 24.0 Å². The smallest absolute Gasteiger partial charge is 0.0702 e. The second-order valence-electron chi connectivity index (χ2n) is 5.03. The van der Waals surface area contributed by atoms with Gasteiger partial charge in [-0.3, -0.25) is 4.90 Å². The molecule has 1 unspecified atom stereocenters. The maximum absolute atomic E-state index is 5.99. The summed E-state index contributed by atoms with van der Waals surface area (Å²) in [5, 5.41) is 0. The molecule has 1 atom stereocenters. The molecule has 2 rings (SSSR count). The van der Waals surface area contributed by atoms with Gasteiger partial charge in [-0.15, -0.1) is 0 Å². The number of hydrogen-bond donors (Lipinski definition) is 1. The Morgan fingerprint density at radius 3 is 3.00 bits per heavy atom. The van der Waals surface area contributed by atoms with Crippen LogP contribution in [-0.2, 0) is 11.3 Å². The van der Waals surface area contributed by atoms with Gasteiger partial charge < -0.3 is 10.5 Å². The molecule has 17 heavy (non-hydrogen) atoms. The topological polar surface area (TPSA) is 38.5 Å². The van der Waals surface area contributed by atoms with Gasteiger partial charge in [0.15, 0.2) is 0 Å². The second kappa shape index (κ2) is 5.52. The summed E-state index contributed by atoms with van der Waals surface area (Å²) in [7, 11) is 2.13. The average Bonchev–Trinajstić information content (AvgIpc) is 2.76. The van der Waals surface area contributed by atoms with Crippen molar-refractivity contribution in [2.75, 3.05) is 25.9 Å². The minimum Gasteiger partial charge on any atom is -0.398 e. The molecule has 0 saturated carbocycles. The molecule has 0 aromatic heterocycles. The molecule has 94 valence electrons. The number of likely N-dealkylation sites (N-methyl/N-ethyl adjacent to an activating group) is 1. The quantitative estimate of drug-likeness (QED) is 0.812. The van der Waals surface area contributed by atoms with E-state index in [0.717, 1.165) is 25.4 Å². The van der Waals surface area contributed by atoms with E-state index in [9.17, 15) is 0 Å². The molecule has 0 amide bonds. The number of nitrogen functional groups attached to an aromatic ring is 1. The van der Waals surface area contributed by atoms with Crippen molar-refractivity contribution in [3.05, 3.63) is 29.3 Å². The largest absolute Gasteiger partial charge is 0.398 e. The molecule has 3 nitrogen and oxygen atoms in total. The van der Waals surface area contributed by atoms with Crippen LogP contribution in [0.25, 0.3) is 0 Å². The van der Waals surface area contributed by atoms with E-state index < -0.39 is 0 Å². The molecule has 0 bridgehead atoms. The summed E-state index contributed by atoms with van der Waals surface area (Å²) in [6.07, 6.45) is 2.80. The van der Waals surface area contributed by atoms with Crippen molar-refractivity contribution in [2.45, 2.75) is 32.4 Å². The average molecular weight is 234 g/mol. The zero-order valence-corrected chi connectivity index (χ0v) is 10.8. The number of ether oxygens (including phenoxy) is 1. The molecule has 1 saturated heterocycles. The summed E-state index contributed by atoms with van der Waals surface area (Å²) in [6, 6.07) is 6.21. The highest BCUT2D eigenvalue weighted by Gasteiger charge is 2.17. The molecule has 2 N–H and O–H groups in total. The van der Waals surface area contributed by atoms with Gasteiger partial charge in [0.1, 0.15) is 0 Å². The lowest BCUT2D eigenvalue weighted by molar-refractivity contribution is 0.0794. The van der Waals surface area contributed by atoms with Gasteiger partial charge in [-0.25, -0.2) is 0 Å². The molecular formula is C14H22N2O. The van der Waals surface area contributed by atoms with Crippen molar-refractivity contribution in [1.82, 2.24) is 4.90 Å². The van der Waals surface area contributed by atoms with Gasteiger partial charge in [-0.05, 0) is 38.4 Å². The lowest BCUT2D eigenvalue weighted by Crippen LogP contribution is -2.28. The zero-order chi connectivity index (χ0) is 12.3. The zero-order valence-electron chi connectivity index (χ0n) is 10.8. The molecule has 1 aliphatic rings. The summed E-state index contributed by atoms with van der Waals surface area (Å²) in [6.45, 7) is 4.91. The van der Waals surface area contributed by atoms with Crippen LogP contribution < -0.4 is 5.73 Å². The number of benzene rings is 1. The maximum atomic E-state index is 5.99. The minimum atomic E-state index is 0.408. The van der Waals surface area contributed by atoms with Crippen molar-refractivity contribution in [1.29, 1.82) is 0 Å². The van der Waals surface area contributed by atoms with Gasteiger partial charge >= 0.3 is 0 Å². The maximum Gasteiger partial charge on any atom is 0.0702 e. The third-order valence-corrected chi connectivity index (χ3v) is 3.28. The van der Waals surface area contributed by atoms with Gasteiger partial charge in [0.2, 0.25) is 0 Å². The SMILES string of the molecule is Cc1ccc(N)c(CN(C)CC2CCCO2)c1. The number of aryl methyl sites for hydroxylation is 1. The van der Waals surface area contributed by atoms with Gasteiger partial charge in [-0.2, -0.15) is 0 Å². The van der Waals surface area contributed by atoms with Crippen LogP contribution in [0.15, 0.2) is 18.2 Å². The molecular weight excluding hydrogens is 212 g/mol. The van der Waals surface area contributed by atoms with E-state index in [4.69, 9.17) is 10.5 Å². The molecule has 0 spiro atoms. The van der Waals surface area contributed by atoms with Crippen LogP contribution in [0.5, 0.6) is 0 Å². The van der Waals surface area contributed by atoms with E-state index in [-0.39, 0.29) is 0 Å². The molecule has 1 aliphatic heterocycles. The van der Waals surface area contributed by atoms with Gasteiger partial charge in [-0.1, -0.05) is 17.7 Å². The number of nitrogens with zero attached hydrogens (tertiary/aromatic N) is 1. The number of anilines is 1. The Labute approximate surface area is 104 Å². The first-order chi connectivity index (χ1) is 8.15. The summed E-state index contributed by atoms with van der Waals surface area (Å²) in [5.74, 6) is 0. The van der Waals surface area contributed by atoms with Crippen molar-refractivity contribution in [3.63, 3.8) is 0 Å². The number of rotatable bonds is 4. The fourth-order valence-corrected chi connectivity index (χ4v) is 2.36. The first-order valence-corrected chi connectivity index (χ1v) is 6.30. The van der Waals surface area contributed by atoms with Crippen LogP contribution in [0.2, 0.25) is 0 Å². The van der Waals surface area contributed by atoms with Gasteiger partial charge in [0.05, 0.1) is 6.10 Å². The van der Waals surface area contributed by atoms with Gasteiger partial charge in [0.25, 0.3) is 0 Å². The third kappa shape index (κ3) is 3.45.